The van der Waals surface area contributed by atoms with E-state index in [1.807, 2.05) is 0 Å². The first-order valence-corrected chi connectivity index (χ1v) is 5.73. The first-order chi connectivity index (χ1) is 6.20. The molecule has 76 valence electrons. The third kappa shape index (κ3) is 3.93. The van der Waals surface area contributed by atoms with Gasteiger partial charge in [0, 0.05) is 12.3 Å². The summed E-state index contributed by atoms with van der Waals surface area (Å²) >= 11 is 0. The molecule has 0 aliphatic heterocycles. The normalized spacial score (nSPS) is 20.2. The summed E-state index contributed by atoms with van der Waals surface area (Å²) in [5, 5.41) is 0. The topological polar surface area (TPSA) is 17.1 Å². The predicted molar refractivity (Wildman–Crippen MR) is 55.7 cm³/mol. The summed E-state index contributed by atoms with van der Waals surface area (Å²) in [5.74, 6) is 1.47. The van der Waals surface area contributed by atoms with E-state index in [4.69, 9.17) is 0 Å². The average Bonchev–Trinajstić information content (AvgIpc) is 2.29. The van der Waals surface area contributed by atoms with Crippen LogP contribution in [-0.2, 0) is 4.79 Å². The lowest BCUT2D eigenvalue weighted by molar-refractivity contribution is -0.123. The lowest BCUT2D eigenvalue weighted by Crippen LogP contribution is -2.15. The smallest absolute Gasteiger partial charge is 0.136 e. The van der Waals surface area contributed by atoms with Gasteiger partial charge in [-0.2, -0.15) is 0 Å². The summed E-state index contributed by atoms with van der Waals surface area (Å²) in [5.41, 5.74) is 0. The molecule has 1 fully saturated rings. The maximum absolute atomic E-state index is 11.8. The predicted octanol–water partition coefficient (Wildman–Crippen LogP) is 3.57. The van der Waals surface area contributed by atoms with E-state index < -0.39 is 0 Å². The van der Waals surface area contributed by atoms with Crippen LogP contribution in [0.2, 0.25) is 0 Å². The lowest BCUT2D eigenvalue weighted by Gasteiger charge is -2.13. The molecule has 1 heteroatoms. The summed E-state index contributed by atoms with van der Waals surface area (Å²) in [4.78, 5) is 11.8. The third-order valence-electron chi connectivity index (χ3n) is 2.92. The highest BCUT2D eigenvalue weighted by molar-refractivity contribution is 5.81. The molecule has 0 saturated heterocycles. The number of carbonyl (C=O) groups excluding carboxylic acids is 1. The van der Waals surface area contributed by atoms with Gasteiger partial charge in [0.1, 0.15) is 5.78 Å². The molecule has 0 unspecified atom stereocenters. The minimum atomic E-state index is 0.407. The van der Waals surface area contributed by atoms with E-state index in [0.29, 0.717) is 17.6 Å². The molecule has 1 rings (SSSR count). The van der Waals surface area contributed by atoms with Crippen LogP contribution in [0.25, 0.3) is 0 Å². The SMILES string of the molecule is CC(C)CC(=O)C1CCCCCC1. The van der Waals surface area contributed by atoms with Gasteiger partial charge in [0.15, 0.2) is 0 Å². The number of rotatable bonds is 3. The molecule has 0 N–H and O–H groups in total. The molecule has 1 nitrogen and oxygen atoms in total. The lowest BCUT2D eigenvalue weighted by atomic mass is 9.90. The van der Waals surface area contributed by atoms with Crippen molar-refractivity contribution >= 4 is 5.78 Å². The highest BCUT2D eigenvalue weighted by atomic mass is 16.1. The summed E-state index contributed by atoms with van der Waals surface area (Å²) in [6.45, 7) is 4.27. The maximum atomic E-state index is 11.8. The monoisotopic (exact) mass is 182 g/mol. The van der Waals surface area contributed by atoms with Crippen LogP contribution in [0.3, 0.4) is 0 Å². The second-order valence-electron chi connectivity index (χ2n) is 4.75. The highest BCUT2D eigenvalue weighted by Gasteiger charge is 2.20. The molecule has 0 radical (unpaired) electrons. The van der Waals surface area contributed by atoms with E-state index in [2.05, 4.69) is 13.8 Å². The summed E-state index contributed by atoms with van der Waals surface area (Å²) in [6, 6.07) is 0. The second-order valence-corrected chi connectivity index (χ2v) is 4.75. The number of hydrogen-bond acceptors (Lipinski definition) is 1. The van der Waals surface area contributed by atoms with Crippen molar-refractivity contribution in [3.05, 3.63) is 0 Å². The Kier molecular flexibility index (Phi) is 4.47. The maximum Gasteiger partial charge on any atom is 0.136 e. The van der Waals surface area contributed by atoms with Crippen LogP contribution in [0.4, 0.5) is 0 Å². The molecule has 0 aromatic rings. The van der Waals surface area contributed by atoms with Gasteiger partial charge in [0.25, 0.3) is 0 Å². The zero-order valence-corrected chi connectivity index (χ0v) is 9.01. The quantitative estimate of drug-likeness (QED) is 0.610. The number of carbonyl (C=O) groups is 1. The largest absolute Gasteiger partial charge is 0.299 e. The molecule has 0 aromatic carbocycles. The van der Waals surface area contributed by atoms with Crippen molar-refractivity contribution < 1.29 is 4.79 Å². The molecule has 0 spiro atoms. The molecule has 1 aliphatic rings. The standard InChI is InChI=1S/C12H22O/c1-10(2)9-12(13)11-7-5-3-4-6-8-11/h10-11H,3-9H2,1-2H3. The van der Waals surface area contributed by atoms with Crippen molar-refractivity contribution in [1.82, 2.24) is 0 Å². The van der Waals surface area contributed by atoms with Crippen molar-refractivity contribution in [2.45, 2.75) is 58.8 Å². The Morgan fingerprint density at radius 1 is 1.15 bits per heavy atom. The highest BCUT2D eigenvalue weighted by Crippen LogP contribution is 2.25. The number of Topliss-reactive ketones (excluding diaryl/α,β-unsaturated/α-hetero) is 1. The molecule has 1 saturated carbocycles. The van der Waals surface area contributed by atoms with Gasteiger partial charge in [-0.05, 0) is 18.8 Å². The summed E-state index contributed by atoms with van der Waals surface area (Å²) in [7, 11) is 0. The minimum Gasteiger partial charge on any atom is -0.299 e. The molecule has 0 aromatic heterocycles. The molecule has 0 atom stereocenters. The molecule has 1 aliphatic carbocycles. The van der Waals surface area contributed by atoms with Gasteiger partial charge in [-0.1, -0.05) is 39.5 Å². The molecule has 0 heterocycles. The Morgan fingerprint density at radius 2 is 1.69 bits per heavy atom. The molecule has 0 bridgehead atoms. The zero-order valence-electron chi connectivity index (χ0n) is 9.01. The van der Waals surface area contributed by atoms with Gasteiger partial charge in [0.05, 0.1) is 0 Å². The minimum absolute atomic E-state index is 0.407. The van der Waals surface area contributed by atoms with Gasteiger partial charge in [0.2, 0.25) is 0 Å². The van der Waals surface area contributed by atoms with Gasteiger partial charge < -0.3 is 0 Å². The van der Waals surface area contributed by atoms with Crippen molar-refractivity contribution in [2.24, 2.45) is 11.8 Å². The molecular formula is C12H22O. The van der Waals surface area contributed by atoms with Crippen molar-refractivity contribution in [3.8, 4) is 0 Å². The van der Waals surface area contributed by atoms with Crippen LogP contribution in [-0.4, -0.2) is 5.78 Å². The molecular weight excluding hydrogens is 160 g/mol. The Labute approximate surface area is 81.9 Å². The number of ketones is 1. The Balaban J connectivity index is 2.35. The number of hydrogen-bond donors (Lipinski definition) is 0. The second kappa shape index (κ2) is 5.41. The van der Waals surface area contributed by atoms with E-state index in [0.717, 1.165) is 19.3 Å². The fourth-order valence-electron chi connectivity index (χ4n) is 2.17. The third-order valence-corrected chi connectivity index (χ3v) is 2.92. The first kappa shape index (κ1) is 10.7. The Bertz CT molecular complexity index is 153. The van der Waals surface area contributed by atoms with E-state index in [1.165, 1.54) is 25.7 Å². The van der Waals surface area contributed by atoms with E-state index >= 15 is 0 Å². The first-order valence-electron chi connectivity index (χ1n) is 5.73. The average molecular weight is 182 g/mol. The molecule has 0 amide bonds. The van der Waals surface area contributed by atoms with E-state index in [-0.39, 0.29) is 0 Å². The van der Waals surface area contributed by atoms with Gasteiger partial charge >= 0.3 is 0 Å². The van der Waals surface area contributed by atoms with Crippen LogP contribution < -0.4 is 0 Å². The fraction of sp³-hybridized carbons (Fsp3) is 0.917. The summed E-state index contributed by atoms with van der Waals surface area (Å²) in [6.07, 6.45) is 8.34. The van der Waals surface area contributed by atoms with Crippen molar-refractivity contribution in [1.29, 1.82) is 0 Å². The fourth-order valence-corrected chi connectivity index (χ4v) is 2.17. The Hall–Kier alpha value is -0.330. The van der Waals surface area contributed by atoms with Gasteiger partial charge in [-0.3, -0.25) is 4.79 Å². The zero-order chi connectivity index (χ0) is 9.68. The van der Waals surface area contributed by atoms with Gasteiger partial charge in [-0.15, -0.1) is 0 Å². The van der Waals surface area contributed by atoms with Crippen LogP contribution in [0.15, 0.2) is 0 Å². The van der Waals surface area contributed by atoms with Crippen LogP contribution in [0, 0.1) is 11.8 Å². The molecule has 13 heavy (non-hydrogen) atoms. The summed E-state index contributed by atoms with van der Waals surface area (Å²) < 4.78 is 0. The van der Waals surface area contributed by atoms with Crippen LogP contribution in [0.1, 0.15) is 58.8 Å². The van der Waals surface area contributed by atoms with Gasteiger partial charge in [-0.25, -0.2) is 0 Å². The van der Waals surface area contributed by atoms with Crippen LogP contribution in [0.5, 0.6) is 0 Å². The van der Waals surface area contributed by atoms with Crippen molar-refractivity contribution in [3.63, 3.8) is 0 Å². The van der Waals surface area contributed by atoms with Crippen LogP contribution >= 0.6 is 0 Å². The van der Waals surface area contributed by atoms with Crippen molar-refractivity contribution in [2.75, 3.05) is 0 Å². The Morgan fingerprint density at radius 3 is 2.15 bits per heavy atom. The van der Waals surface area contributed by atoms with E-state index in [9.17, 15) is 4.79 Å². The van der Waals surface area contributed by atoms with E-state index in [1.54, 1.807) is 0 Å².